The lowest BCUT2D eigenvalue weighted by Gasteiger charge is -2.49. The maximum atomic E-state index is 12.9. The Morgan fingerprint density at radius 3 is 2.16 bits per heavy atom. The molecule has 1 saturated heterocycles. The minimum atomic E-state index is -0.0934. The first kappa shape index (κ1) is 26.2. The Labute approximate surface area is 232 Å². The molecule has 0 N–H and O–H groups in total. The van der Waals surface area contributed by atoms with Gasteiger partial charge in [0.25, 0.3) is 5.56 Å². The fourth-order valence-electron chi connectivity index (χ4n) is 5.52. The van der Waals surface area contributed by atoms with Gasteiger partial charge in [-0.2, -0.15) is 5.26 Å². The first-order chi connectivity index (χ1) is 18.3. The van der Waals surface area contributed by atoms with Gasteiger partial charge in [0.15, 0.2) is 0 Å². The van der Waals surface area contributed by atoms with Gasteiger partial charge in [0.1, 0.15) is 17.3 Å². The molecule has 0 bridgehead atoms. The van der Waals surface area contributed by atoms with Gasteiger partial charge in [-0.15, -0.1) is 0 Å². The fraction of sp³-hybridized carbons (Fsp3) is 0.300. The summed E-state index contributed by atoms with van der Waals surface area (Å²) in [5.74, 6) is 0. The molecule has 2 aromatic carbocycles. The van der Waals surface area contributed by atoms with Crippen LogP contribution in [-0.4, -0.2) is 39.6 Å². The van der Waals surface area contributed by atoms with Gasteiger partial charge >= 0.3 is 0 Å². The van der Waals surface area contributed by atoms with Crippen LogP contribution in [0.2, 0.25) is 10.0 Å². The lowest BCUT2D eigenvalue weighted by Crippen LogP contribution is -2.58. The van der Waals surface area contributed by atoms with Gasteiger partial charge in [-0.05, 0) is 60.9 Å². The molecule has 5 rings (SSSR count). The molecule has 0 unspecified atom stereocenters. The number of hydrogen-bond donors (Lipinski definition) is 0. The van der Waals surface area contributed by atoms with Crippen LogP contribution in [0.3, 0.4) is 0 Å². The molecule has 2 aromatic heterocycles. The molecular formula is C30H29Cl2N5O. The first-order valence-electron chi connectivity index (χ1n) is 12.7. The van der Waals surface area contributed by atoms with Crippen molar-refractivity contribution < 1.29 is 0 Å². The highest BCUT2D eigenvalue weighted by Crippen LogP contribution is 2.37. The summed E-state index contributed by atoms with van der Waals surface area (Å²) in [6, 6.07) is 23.6. The third kappa shape index (κ3) is 4.90. The van der Waals surface area contributed by atoms with E-state index < -0.39 is 0 Å². The molecule has 1 aliphatic rings. The van der Waals surface area contributed by atoms with E-state index in [0.717, 1.165) is 35.3 Å². The summed E-state index contributed by atoms with van der Waals surface area (Å²) in [6.45, 7) is 5.87. The molecule has 38 heavy (non-hydrogen) atoms. The van der Waals surface area contributed by atoms with Crippen molar-refractivity contribution in [1.29, 1.82) is 5.26 Å². The third-order valence-electron chi connectivity index (χ3n) is 7.56. The van der Waals surface area contributed by atoms with Crippen LogP contribution in [0.5, 0.6) is 0 Å². The van der Waals surface area contributed by atoms with Gasteiger partial charge in [0.2, 0.25) is 0 Å². The van der Waals surface area contributed by atoms with E-state index in [4.69, 9.17) is 23.2 Å². The van der Waals surface area contributed by atoms with Gasteiger partial charge in [0, 0.05) is 48.3 Å². The molecule has 0 aliphatic carbocycles. The minimum Gasteiger partial charge on any atom is -0.364 e. The van der Waals surface area contributed by atoms with Crippen molar-refractivity contribution >= 4 is 39.9 Å². The molecule has 1 aliphatic heterocycles. The number of piperazine rings is 1. The molecular weight excluding hydrogens is 517 g/mol. The number of hydrogen-bond acceptors (Lipinski definition) is 5. The van der Waals surface area contributed by atoms with Gasteiger partial charge in [-0.3, -0.25) is 9.69 Å². The van der Waals surface area contributed by atoms with Crippen LogP contribution >= 0.6 is 23.2 Å². The van der Waals surface area contributed by atoms with Crippen molar-refractivity contribution in [2.45, 2.75) is 38.4 Å². The third-order valence-corrected chi connectivity index (χ3v) is 8.06. The van der Waals surface area contributed by atoms with Gasteiger partial charge < -0.3 is 9.47 Å². The van der Waals surface area contributed by atoms with Crippen LogP contribution in [0.15, 0.2) is 71.5 Å². The average molecular weight is 547 g/mol. The first-order valence-corrected chi connectivity index (χ1v) is 13.5. The topological polar surface area (TPSA) is 65.2 Å². The van der Waals surface area contributed by atoms with Crippen molar-refractivity contribution in [2.24, 2.45) is 7.05 Å². The van der Waals surface area contributed by atoms with E-state index in [0.29, 0.717) is 27.8 Å². The Hall–Kier alpha value is -3.37. The number of anilines is 1. The normalized spacial score (nSPS) is 18.2. The van der Waals surface area contributed by atoms with Crippen LogP contribution in [-0.2, 0) is 7.05 Å². The van der Waals surface area contributed by atoms with E-state index in [1.165, 1.54) is 0 Å². The van der Waals surface area contributed by atoms with Gasteiger partial charge in [0.05, 0.1) is 17.2 Å². The van der Waals surface area contributed by atoms with E-state index in [-0.39, 0.29) is 23.7 Å². The molecule has 3 heterocycles. The zero-order valence-electron chi connectivity index (χ0n) is 21.6. The number of pyridine rings is 2. The maximum absolute atomic E-state index is 12.9. The summed E-state index contributed by atoms with van der Waals surface area (Å²) in [7, 11) is 1.74. The largest absolute Gasteiger partial charge is 0.364 e. The number of benzene rings is 2. The number of rotatable bonds is 5. The number of aryl methyl sites for hydroxylation is 1. The molecule has 4 aromatic rings. The molecule has 2 atom stereocenters. The molecule has 0 radical (unpaired) electrons. The highest BCUT2D eigenvalue weighted by Gasteiger charge is 2.37. The lowest BCUT2D eigenvalue weighted by molar-refractivity contribution is 0.124. The standard InChI is InChI=1S/C30H29Cl2N5O/c1-4-25-18-36(30(20-5-9-22(31)10-6-20)21-7-11-23(32)12-8-21)19(2)17-37(25)27-15-28(38)35(3)26-14-13-24(16-33)34-29(26)27/h5-15,19,25,30H,4,17-18H2,1-3H3/t19-,25+/m1/s1. The zero-order valence-corrected chi connectivity index (χ0v) is 23.1. The predicted molar refractivity (Wildman–Crippen MR) is 154 cm³/mol. The second-order valence-corrected chi connectivity index (χ2v) is 10.7. The summed E-state index contributed by atoms with van der Waals surface area (Å²) in [4.78, 5) is 22.4. The summed E-state index contributed by atoms with van der Waals surface area (Å²) in [5.41, 5.74) is 4.74. The maximum Gasteiger partial charge on any atom is 0.252 e. The van der Waals surface area contributed by atoms with E-state index in [9.17, 15) is 10.1 Å². The van der Waals surface area contributed by atoms with E-state index in [1.54, 1.807) is 23.7 Å². The van der Waals surface area contributed by atoms with Crippen LogP contribution < -0.4 is 10.5 Å². The number of nitrogens with zero attached hydrogens (tertiary/aromatic N) is 5. The number of halogens is 2. The van der Waals surface area contributed by atoms with Crippen molar-refractivity contribution in [2.75, 3.05) is 18.0 Å². The Morgan fingerprint density at radius 2 is 1.61 bits per heavy atom. The zero-order chi connectivity index (χ0) is 27.0. The molecule has 0 spiro atoms. The monoisotopic (exact) mass is 545 g/mol. The lowest BCUT2D eigenvalue weighted by atomic mass is 9.92. The average Bonchev–Trinajstić information content (AvgIpc) is 2.93. The second kappa shape index (κ2) is 10.8. The SMILES string of the molecule is CC[C@H]1CN(C(c2ccc(Cl)cc2)c2ccc(Cl)cc2)[C@H](C)CN1c1cc(=O)n(C)c2ccc(C#N)nc12. The minimum absolute atomic E-state index is 0.0134. The summed E-state index contributed by atoms with van der Waals surface area (Å²) in [5, 5.41) is 10.9. The predicted octanol–water partition coefficient (Wildman–Crippen LogP) is 6.19. The molecule has 0 saturated carbocycles. The van der Waals surface area contributed by atoms with E-state index in [2.05, 4.69) is 59.0 Å². The molecule has 8 heteroatoms. The Kier molecular flexibility index (Phi) is 7.45. The van der Waals surface area contributed by atoms with Crippen molar-refractivity contribution in [1.82, 2.24) is 14.5 Å². The van der Waals surface area contributed by atoms with Crippen LogP contribution in [0.1, 0.15) is 43.1 Å². The van der Waals surface area contributed by atoms with Gasteiger partial charge in [-0.1, -0.05) is 54.4 Å². The van der Waals surface area contributed by atoms with Crippen molar-refractivity contribution in [3.8, 4) is 6.07 Å². The molecule has 194 valence electrons. The second-order valence-electron chi connectivity index (χ2n) is 9.87. The van der Waals surface area contributed by atoms with E-state index >= 15 is 0 Å². The highest BCUT2D eigenvalue weighted by atomic mass is 35.5. The summed E-state index contributed by atoms with van der Waals surface area (Å²) < 4.78 is 1.59. The number of nitriles is 1. The molecule has 0 amide bonds. The molecule has 1 fully saturated rings. The fourth-order valence-corrected chi connectivity index (χ4v) is 5.78. The van der Waals surface area contributed by atoms with Crippen LogP contribution in [0.4, 0.5) is 5.69 Å². The quantitative estimate of drug-likeness (QED) is 0.299. The summed E-state index contributed by atoms with van der Waals surface area (Å²) in [6.07, 6.45) is 0.881. The van der Waals surface area contributed by atoms with Crippen molar-refractivity contribution in [3.05, 3.63) is 104 Å². The smallest absolute Gasteiger partial charge is 0.252 e. The Bertz CT molecular complexity index is 1510. The van der Waals surface area contributed by atoms with Crippen LogP contribution in [0, 0.1) is 11.3 Å². The van der Waals surface area contributed by atoms with Crippen LogP contribution in [0.25, 0.3) is 11.0 Å². The van der Waals surface area contributed by atoms with Gasteiger partial charge in [-0.25, -0.2) is 4.98 Å². The number of aromatic nitrogens is 2. The Balaban J connectivity index is 1.58. The Morgan fingerprint density at radius 1 is 1.00 bits per heavy atom. The number of fused-ring (bicyclic) bond motifs is 1. The highest BCUT2D eigenvalue weighted by molar-refractivity contribution is 6.30. The summed E-state index contributed by atoms with van der Waals surface area (Å²) >= 11 is 12.5. The molecule has 6 nitrogen and oxygen atoms in total. The van der Waals surface area contributed by atoms with Crippen molar-refractivity contribution in [3.63, 3.8) is 0 Å². The van der Waals surface area contributed by atoms with E-state index in [1.807, 2.05) is 30.3 Å².